The van der Waals surface area contributed by atoms with E-state index in [1.807, 2.05) is 56.3 Å². The fourth-order valence-electron chi connectivity index (χ4n) is 3.08. The average Bonchev–Trinajstić information content (AvgIpc) is 2.59. The first-order valence-corrected chi connectivity index (χ1v) is 8.07. The van der Waals surface area contributed by atoms with Crippen LogP contribution in [0.4, 0.5) is 0 Å². The van der Waals surface area contributed by atoms with E-state index in [2.05, 4.69) is 0 Å². The Hall–Kier alpha value is -2.33. The van der Waals surface area contributed by atoms with Crippen molar-refractivity contribution in [3.05, 3.63) is 59.7 Å². The molecule has 1 unspecified atom stereocenters. The molecule has 2 aromatic rings. The molecule has 0 aromatic heterocycles. The Labute approximate surface area is 143 Å². The molecule has 1 atom stereocenters. The van der Waals surface area contributed by atoms with Crippen molar-refractivity contribution in [3.63, 3.8) is 0 Å². The number of Topliss-reactive ketones (excluding diaryl/α,β-unsaturated/α-hetero) is 1. The number of methoxy groups -OCH3 is 1. The zero-order valence-electron chi connectivity index (χ0n) is 14.7. The molecule has 128 valence electrons. The smallest absolute Gasteiger partial charge is 0.183 e. The molecule has 0 amide bonds. The fraction of sp³-hybridized carbons (Fsp3) is 0.350. The van der Waals surface area contributed by atoms with Gasteiger partial charge in [0.05, 0.1) is 12.6 Å². The molecule has 1 N–H and O–H groups in total. The highest BCUT2D eigenvalue weighted by atomic mass is 16.5. The Kier molecular flexibility index (Phi) is 5.62. The van der Waals surface area contributed by atoms with Gasteiger partial charge in [-0.3, -0.25) is 9.69 Å². The van der Waals surface area contributed by atoms with E-state index in [-0.39, 0.29) is 11.5 Å². The monoisotopic (exact) mass is 327 g/mol. The van der Waals surface area contributed by atoms with E-state index < -0.39 is 5.54 Å². The van der Waals surface area contributed by atoms with E-state index in [0.717, 1.165) is 5.56 Å². The van der Waals surface area contributed by atoms with Gasteiger partial charge in [-0.1, -0.05) is 37.3 Å². The number of carbonyl (C=O) groups is 1. The molecule has 0 spiro atoms. The van der Waals surface area contributed by atoms with Gasteiger partial charge in [-0.05, 0) is 50.7 Å². The van der Waals surface area contributed by atoms with E-state index in [1.165, 1.54) is 13.2 Å². The second-order valence-electron chi connectivity index (χ2n) is 6.16. The summed E-state index contributed by atoms with van der Waals surface area (Å²) in [5.74, 6) is 0.338. The average molecular weight is 327 g/mol. The molecule has 2 aromatic carbocycles. The van der Waals surface area contributed by atoms with Gasteiger partial charge in [0.2, 0.25) is 0 Å². The summed E-state index contributed by atoms with van der Waals surface area (Å²) < 4.78 is 5.06. The molecule has 0 aliphatic rings. The third-order valence-corrected chi connectivity index (χ3v) is 4.64. The van der Waals surface area contributed by atoms with Gasteiger partial charge in [-0.2, -0.15) is 0 Å². The molecule has 0 heterocycles. The number of hydrogen-bond acceptors (Lipinski definition) is 4. The number of benzene rings is 2. The minimum atomic E-state index is -0.664. The fourth-order valence-corrected chi connectivity index (χ4v) is 3.08. The summed E-state index contributed by atoms with van der Waals surface area (Å²) in [5.41, 5.74) is 0.932. The molecule has 4 heteroatoms. The second-order valence-corrected chi connectivity index (χ2v) is 6.16. The number of hydrogen-bond donors (Lipinski definition) is 1. The summed E-state index contributed by atoms with van der Waals surface area (Å²) in [7, 11) is 5.34. The van der Waals surface area contributed by atoms with E-state index in [0.29, 0.717) is 24.2 Å². The first kappa shape index (κ1) is 18.0. The van der Waals surface area contributed by atoms with Crippen LogP contribution in [0.2, 0.25) is 0 Å². The van der Waals surface area contributed by atoms with E-state index in [4.69, 9.17) is 4.74 Å². The number of carbonyl (C=O) groups excluding carboxylic acids is 1. The summed E-state index contributed by atoms with van der Waals surface area (Å²) >= 11 is 0. The second kappa shape index (κ2) is 7.49. The highest BCUT2D eigenvalue weighted by molar-refractivity contribution is 6.03. The summed E-state index contributed by atoms with van der Waals surface area (Å²) in [5, 5.41) is 10.0. The summed E-state index contributed by atoms with van der Waals surface area (Å²) in [6, 6.07) is 14.8. The molecule has 4 nitrogen and oxygen atoms in total. The van der Waals surface area contributed by atoms with E-state index in [1.54, 1.807) is 12.1 Å². The minimum absolute atomic E-state index is 0.00296. The van der Waals surface area contributed by atoms with E-state index >= 15 is 0 Å². The number of aromatic hydroxyl groups is 1. The highest BCUT2D eigenvalue weighted by Crippen LogP contribution is 2.32. The van der Waals surface area contributed by atoms with Crippen LogP contribution in [0.15, 0.2) is 48.5 Å². The topological polar surface area (TPSA) is 49.8 Å². The lowest BCUT2D eigenvalue weighted by Gasteiger charge is -2.38. The van der Waals surface area contributed by atoms with Gasteiger partial charge in [0.1, 0.15) is 0 Å². The molecule has 0 aliphatic carbocycles. The zero-order chi connectivity index (χ0) is 17.7. The number of phenols is 1. The standard InChI is InChI=1S/C20H25NO3/c1-5-20(21(2)3,14-15-9-7-6-8-10-15)19(23)16-11-12-18(24-4)17(22)13-16/h6-13,22H,5,14H2,1-4H3. The van der Waals surface area contributed by atoms with Crippen LogP contribution >= 0.6 is 0 Å². The number of nitrogens with zero attached hydrogens (tertiary/aromatic N) is 1. The molecular formula is C20H25NO3. The lowest BCUT2D eigenvalue weighted by Crippen LogP contribution is -2.52. The van der Waals surface area contributed by atoms with Crippen molar-refractivity contribution >= 4 is 5.78 Å². The van der Waals surface area contributed by atoms with Crippen LogP contribution in [0.25, 0.3) is 0 Å². The van der Waals surface area contributed by atoms with Crippen molar-refractivity contribution in [2.45, 2.75) is 25.3 Å². The lowest BCUT2D eigenvalue weighted by molar-refractivity contribution is 0.0666. The normalized spacial score (nSPS) is 13.5. The maximum atomic E-state index is 13.3. The lowest BCUT2D eigenvalue weighted by atomic mass is 9.80. The van der Waals surface area contributed by atoms with Crippen molar-refractivity contribution in [3.8, 4) is 11.5 Å². The molecule has 24 heavy (non-hydrogen) atoms. The Bertz CT molecular complexity index is 697. The summed E-state index contributed by atoms with van der Waals surface area (Å²) in [6.07, 6.45) is 1.28. The van der Waals surface area contributed by atoms with Crippen LogP contribution in [0, 0.1) is 0 Å². The molecule has 0 aliphatic heterocycles. The molecule has 0 fully saturated rings. The first-order valence-electron chi connectivity index (χ1n) is 8.07. The van der Waals surface area contributed by atoms with Crippen molar-refractivity contribution in [2.75, 3.05) is 21.2 Å². The Morgan fingerprint density at radius 1 is 1.17 bits per heavy atom. The Balaban J connectivity index is 2.43. The van der Waals surface area contributed by atoms with Gasteiger partial charge < -0.3 is 9.84 Å². The quantitative estimate of drug-likeness (QED) is 0.790. The third-order valence-electron chi connectivity index (χ3n) is 4.64. The van der Waals surface area contributed by atoms with Crippen LogP contribution in [-0.4, -0.2) is 42.5 Å². The van der Waals surface area contributed by atoms with Gasteiger partial charge in [-0.25, -0.2) is 0 Å². The minimum Gasteiger partial charge on any atom is -0.504 e. The molecule has 2 rings (SSSR count). The maximum absolute atomic E-state index is 13.3. The van der Waals surface area contributed by atoms with E-state index in [9.17, 15) is 9.90 Å². The van der Waals surface area contributed by atoms with Crippen LogP contribution in [0.5, 0.6) is 11.5 Å². The number of phenolic OH excluding ortho intramolecular Hbond substituents is 1. The summed E-state index contributed by atoms with van der Waals surface area (Å²) in [6.45, 7) is 2.02. The molecule has 0 radical (unpaired) electrons. The number of likely N-dealkylation sites (N-methyl/N-ethyl adjacent to an activating group) is 1. The summed E-state index contributed by atoms with van der Waals surface area (Å²) in [4.78, 5) is 15.3. The van der Waals surface area contributed by atoms with Crippen LogP contribution < -0.4 is 4.74 Å². The van der Waals surface area contributed by atoms with Crippen LogP contribution in [0.3, 0.4) is 0 Å². The SMILES string of the molecule is CCC(Cc1ccccc1)(C(=O)c1ccc(OC)c(O)c1)N(C)C. The predicted molar refractivity (Wildman–Crippen MR) is 95.8 cm³/mol. The molecule has 0 saturated carbocycles. The van der Waals surface area contributed by atoms with Gasteiger partial charge in [0.25, 0.3) is 0 Å². The molecule has 0 bridgehead atoms. The number of ether oxygens (including phenoxy) is 1. The maximum Gasteiger partial charge on any atom is 0.183 e. The Morgan fingerprint density at radius 2 is 1.83 bits per heavy atom. The van der Waals surface area contributed by atoms with Crippen molar-refractivity contribution in [1.82, 2.24) is 4.90 Å². The van der Waals surface area contributed by atoms with Gasteiger partial charge in [-0.15, -0.1) is 0 Å². The van der Waals surface area contributed by atoms with Crippen LogP contribution in [-0.2, 0) is 6.42 Å². The van der Waals surface area contributed by atoms with Crippen molar-refractivity contribution in [2.24, 2.45) is 0 Å². The van der Waals surface area contributed by atoms with Gasteiger partial charge >= 0.3 is 0 Å². The van der Waals surface area contributed by atoms with Crippen molar-refractivity contribution in [1.29, 1.82) is 0 Å². The highest BCUT2D eigenvalue weighted by Gasteiger charge is 2.39. The molecule has 0 saturated heterocycles. The first-order chi connectivity index (χ1) is 11.4. The van der Waals surface area contributed by atoms with Gasteiger partial charge in [0, 0.05) is 5.56 Å². The zero-order valence-corrected chi connectivity index (χ0v) is 14.7. The largest absolute Gasteiger partial charge is 0.504 e. The molecular weight excluding hydrogens is 302 g/mol. The van der Waals surface area contributed by atoms with Crippen LogP contribution in [0.1, 0.15) is 29.3 Å². The van der Waals surface area contributed by atoms with Gasteiger partial charge in [0.15, 0.2) is 17.3 Å². The van der Waals surface area contributed by atoms with Crippen molar-refractivity contribution < 1.29 is 14.6 Å². The Morgan fingerprint density at radius 3 is 2.33 bits per heavy atom. The third kappa shape index (κ3) is 3.44. The predicted octanol–water partition coefficient (Wildman–Crippen LogP) is 3.54. The number of rotatable bonds is 7. The number of ketones is 1.